The summed E-state index contributed by atoms with van der Waals surface area (Å²) in [6.45, 7) is 17.4. The largest absolute Gasteiger partial charge is 0.300 e. The van der Waals surface area contributed by atoms with Gasteiger partial charge in [0.25, 0.3) is 0 Å². The molecule has 0 aliphatic carbocycles. The monoisotopic (exact) mass is 279 g/mol. The zero-order chi connectivity index (χ0) is 14.3. The third-order valence-electron chi connectivity index (χ3n) is 5.94. The lowest BCUT2D eigenvalue weighted by Crippen LogP contribution is -2.65. The minimum atomic E-state index is 0.647. The molecule has 0 N–H and O–H groups in total. The molecular formula is C17H33N3. The van der Waals surface area contributed by atoms with Crippen LogP contribution in [-0.2, 0) is 0 Å². The number of nitrogens with zero attached hydrogens (tertiary/aromatic N) is 3. The highest BCUT2D eigenvalue weighted by atomic mass is 15.3. The number of rotatable bonds is 3. The van der Waals surface area contributed by atoms with E-state index in [0.29, 0.717) is 5.41 Å². The van der Waals surface area contributed by atoms with Gasteiger partial charge in [-0.2, -0.15) is 0 Å². The number of likely N-dealkylation sites (tertiary alicyclic amines) is 3. The van der Waals surface area contributed by atoms with Crippen LogP contribution >= 0.6 is 0 Å². The summed E-state index contributed by atoms with van der Waals surface area (Å²) in [5, 5.41) is 0. The van der Waals surface area contributed by atoms with E-state index in [2.05, 4.69) is 42.4 Å². The molecule has 20 heavy (non-hydrogen) atoms. The molecular weight excluding hydrogens is 246 g/mol. The summed E-state index contributed by atoms with van der Waals surface area (Å²) in [7, 11) is 0. The van der Waals surface area contributed by atoms with Gasteiger partial charge in [0, 0.05) is 56.3 Å². The van der Waals surface area contributed by atoms with Crippen molar-refractivity contribution in [3.8, 4) is 0 Å². The van der Waals surface area contributed by atoms with Crippen molar-refractivity contribution >= 4 is 0 Å². The van der Waals surface area contributed by atoms with Gasteiger partial charge in [-0.15, -0.1) is 0 Å². The molecule has 0 aromatic heterocycles. The van der Waals surface area contributed by atoms with Gasteiger partial charge in [0.1, 0.15) is 0 Å². The highest BCUT2D eigenvalue weighted by Gasteiger charge is 2.47. The summed E-state index contributed by atoms with van der Waals surface area (Å²) in [6.07, 6.45) is 4.28. The van der Waals surface area contributed by atoms with Crippen molar-refractivity contribution in [2.24, 2.45) is 5.41 Å². The molecule has 3 nitrogen and oxygen atoms in total. The van der Waals surface area contributed by atoms with Gasteiger partial charge in [-0.1, -0.05) is 0 Å². The van der Waals surface area contributed by atoms with Crippen LogP contribution in [0, 0.1) is 5.41 Å². The molecule has 3 rings (SSSR count). The number of hydrogen-bond donors (Lipinski definition) is 0. The standard InChI is InChI=1S/C17H33N3/c1-14(2)18-9-6-16(10-18)19-8-5-7-17(11-19)12-20(13-17)15(3)4/h14-16H,5-13H2,1-4H3. The molecule has 3 fully saturated rings. The van der Waals surface area contributed by atoms with Gasteiger partial charge in [-0.3, -0.25) is 14.7 Å². The molecule has 0 amide bonds. The first-order valence-electron chi connectivity index (χ1n) is 8.71. The lowest BCUT2D eigenvalue weighted by atomic mass is 9.72. The van der Waals surface area contributed by atoms with E-state index in [1.54, 1.807) is 0 Å². The molecule has 3 aliphatic heterocycles. The molecule has 0 bridgehead atoms. The van der Waals surface area contributed by atoms with E-state index >= 15 is 0 Å². The summed E-state index contributed by atoms with van der Waals surface area (Å²) < 4.78 is 0. The van der Waals surface area contributed by atoms with Crippen LogP contribution in [0.15, 0.2) is 0 Å². The molecule has 0 aromatic carbocycles. The Bertz CT molecular complexity index is 333. The van der Waals surface area contributed by atoms with Crippen LogP contribution in [0.2, 0.25) is 0 Å². The van der Waals surface area contributed by atoms with Crippen LogP contribution in [0.1, 0.15) is 47.0 Å². The SMILES string of the molecule is CC(C)N1CCC(N2CCCC3(CN(C(C)C)C3)C2)C1. The van der Waals surface area contributed by atoms with Crippen molar-refractivity contribution in [2.45, 2.75) is 65.1 Å². The average molecular weight is 279 g/mol. The topological polar surface area (TPSA) is 9.72 Å². The summed E-state index contributed by atoms with van der Waals surface area (Å²) in [5.74, 6) is 0. The van der Waals surface area contributed by atoms with E-state index in [0.717, 1.165) is 18.1 Å². The second-order valence-electron chi connectivity index (χ2n) is 8.10. The summed E-state index contributed by atoms with van der Waals surface area (Å²) in [5.41, 5.74) is 0.647. The average Bonchev–Trinajstić information content (AvgIpc) is 2.85. The predicted octanol–water partition coefficient (Wildman–Crippen LogP) is 2.28. The van der Waals surface area contributed by atoms with Crippen LogP contribution in [0.25, 0.3) is 0 Å². The van der Waals surface area contributed by atoms with Gasteiger partial charge in [0.15, 0.2) is 0 Å². The highest BCUT2D eigenvalue weighted by molar-refractivity contribution is 5.02. The first kappa shape index (κ1) is 14.8. The van der Waals surface area contributed by atoms with Crippen molar-refractivity contribution in [1.82, 2.24) is 14.7 Å². The third kappa shape index (κ3) is 2.77. The molecule has 3 heterocycles. The van der Waals surface area contributed by atoms with Crippen LogP contribution in [0.5, 0.6) is 0 Å². The van der Waals surface area contributed by atoms with Crippen molar-refractivity contribution < 1.29 is 0 Å². The lowest BCUT2D eigenvalue weighted by molar-refractivity contribution is -0.0770. The lowest BCUT2D eigenvalue weighted by Gasteiger charge is -2.57. The van der Waals surface area contributed by atoms with Gasteiger partial charge in [0.2, 0.25) is 0 Å². The predicted molar refractivity (Wildman–Crippen MR) is 85.1 cm³/mol. The van der Waals surface area contributed by atoms with Crippen molar-refractivity contribution in [1.29, 1.82) is 0 Å². The molecule has 0 saturated carbocycles. The minimum absolute atomic E-state index is 0.647. The van der Waals surface area contributed by atoms with Crippen LogP contribution in [0.4, 0.5) is 0 Å². The minimum Gasteiger partial charge on any atom is -0.300 e. The number of piperidine rings is 1. The molecule has 3 heteroatoms. The first-order valence-corrected chi connectivity index (χ1v) is 8.71. The maximum Gasteiger partial charge on any atom is 0.0235 e. The normalized spacial score (nSPS) is 32.4. The fraction of sp³-hybridized carbons (Fsp3) is 1.00. The van der Waals surface area contributed by atoms with E-state index < -0.39 is 0 Å². The molecule has 1 unspecified atom stereocenters. The van der Waals surface area contributed by atoms with Crippen molar-refractivity contribution in [3.63, 3.8) is 0 Å². The van der Waals surface area contributed by atoms with E-state index in [4.69, 9.17) is 0 Å². The summed E-state index contributed by atoms with van der Waals surface area (Å²) >= 11 is 0. The Hall–Kier alpha value is -0.120. The van der Waals surface area contributed by atoms with E-state index in [9.17, 15) is 0 Å². The van der Waals surface area contributed by atoms with Crippen LogP contribution in [-0.4, -0.2) is 72.1 Å². The zero-order valence-corrected chi connectivity index (χ0v) is 13.9. The third-order valence-corrected chi connectivity index (χ3v) is 5.94. The van der Waals surface area contributed by atoms with Gasteiger partial charge in [0.05, 0.1) is 0 Å². The van der Waals surface area contributed by atoms with E-state index in [1.807, 2.05) is 0 Å². The second-order valence-corrected chi connectivity index (χ2v) is 8.10. The van der Waals surface area contributed by atoms with Gasteiger partial charge in [-0.25, -0.2) is 0 Å². The Kier molecular flexibility index (Phi) is 4.13. The molecule has 3 saturated heterocycles. The molecule has 1 atom stereocenters. The molecule has 3 aliphatic rings. The first-order chi connectivity index (χ1) is 9.49. The zero-order valence-electron chi connectivity index (χ0n) is 13.9. The Labute approximate surface area is 125 Å². The fourth-order valence-corrected chi connectivity index (χ4v) is 4.53. The molecule has 116 valence electrons. The van der Waals surface area contributed by atoms with Crippen molar-refractivity contribution in [3.05, 3.63) is 0 Å². The van der Waals surface area contributed by atoms with Crippen molar-refractivity contribution in [2.75, 3.05) is 39.3 Å². The highest BCUT2D eigenvalue weighted by Crippen LogP contribution is 2.41. The van der Waals surface area contributed by atoms with Gasteiger partial charge < -0.3 is 0 Å². The maximum absolute atomic E-state index is 2.84. The summed E-state index contributed by atoms with van der Waals surface area (Å²) in [4.78, 5) is 8.15. The molecule has 0 radical (unpaired) electrons. The quantitative estimate of drug-likeness (QED) is 0.785. The summed E-state index contributed by atoms with van der Waals surface area (Å²) in [6, 6.07) is 2.29. The Balaban J connectivity index is 1.55. The Morgan fingerprint density at radius 2 is 1.60 bits per heavy atom. The van der Waals surface area contributed by atoms with Crippen LogP contribution < -0.4 is 0 Å². The second kappa shape index (κ2) is 5.58. The maximum atomic E-state index is 2.84. The van der Waals surface area contributed by atoms with Gasteiger partial charge >= 0.3 is 0 Å². The fourth-order valence-electron chi connectivity index (χ4n) is 4.53. The smallest absolute Gasteiger partial charge is 0.0235 e. The van der Waals surface area contributed by atoms with E-state index in [1.165, 1.54) is 58.5 Å². The molecule has 0 aromatic rings. The van der Waals surface area contributed by atoms with E-state index in [-0.39, 0.29) is 0 Å². The Morgan fingerprint density at radius 3 is 2.20 bits per heavy atom. The Morgan fingerprint density at radius 1 is 0.900 bits per heavy atom. The van der Waals surface area contributed by atoms with Gasteiger partial charge in [-0.05, 0) is 53.5 Å². The number of hydrogen-bond acceptors (Lipinski definition) is 3. The molecule has 1 spiro atoms. The van der Waals surface area contributed by atoms with Crippen LogP contribution in [0.3, 0.4) is 0 Å².